The molecule has 1 amide bonds. The summed E-state index contributed by atoms with van der Waals surface area (Å²) in [5.74, 6) is -0.670. The van der Waals surface area contributed by atoms with Gasteiger partial charge in [0, 0.05) is 6.92 Å². The molecule has 4 rings (SSSR count). The van der Waals surface area contributed by atoms with E-state index >= 15 is 0 Å². The van der Waals surface area contributed by atoms with Crippen LogP contribution < -0.4 is 5.32 Å². The Balaban J connectivity index is 1.46. The van der Waals surface area contributed by atoms with E-state index in [0.29, 0.717) is 0 Å². The molecule has 4 heterocycles. The molecule has 0 aromatic heterocycles. The van der Waals surface area contributed by atoms with E-state index < -0.39 is 150 Å². The Morgan fingerprint density at radius 2 is 1.16 bits per heavy atom. The Labute approximate surface area is 284 Å². The normalized spacial score (nSPS) is 50.0. The maximum Gasteiger partial charge on any atom is 0.475 e. The minimum atomic E-state index is -5.38. The van der Waals surface area contributed by atoms with Crippen LogP contribution in [0.4, 0.5) is 0 Å². The molecule has 21 atom stereocenters. The lowest BCUT2D eigenvalue weighted by atomic mass is 9.95. The van der Waals surface area contributed by atoms with E-state index in [1.54, 1.807) is 0 Å². The molecule has 4 aliphatic heterocycles. The van der Waals surface area contributed by atoms with Crippen LogP contribution in [0, 0.1) is 0 Å². The highest BCUT2D eigenvalue weighted by Crippen LogP contribution is 2.49. The van der Waals surface area contributed by atoms with Crippen molar-refractivity contribution in [2.45, 2.75) is 144 Å². The number of ether oxygens (including phenoxy) is 6. The van der Waals surface area contributed by atoms with Crippen molar-refractivity contribution in [3.05, 3.63) is 0 Å². The van der Waals surface area contributed by atoms with Gasteiger partial charge in [-0.2, -0.15) is 0 Å². The van der Waals surface area contributed by atoms with Crippen molar-refractivity contribution in [3.63, 3.8) is 0 Å². The number of carbonyl (C=O) groups excluding carboxylic acids is 1. The Morgan fingerprint density at radius 3 is 1.76 bits per heavy atom. The summed E-state index contributed by atoms with van der Waals surface area (Å²) in [5, 5.41) is 117. The van der Waals surface area contributed by atoms with Gasteiger partial charge in [-0.05, 0) is 13.8 Å². The molecule has 0 aromatic rings. The predicted octanol–water partition coefficient (Wildman–Crippen LogP) is -7.43. The van der Waals surface area contributed by atoms with Gasteiger partial charge in [-0.1, -0.05) is 0 Å². The molecule has 1 unspecified atom stereocenters. The molecular formula is C26H46NO22P. The number of phosphoric acid groups is 1. The van der Waals surface area contributed by atoms with Crippen LogP contribution in [0.3, 0.4) is 0 Å². The van der Waals surface area contributed by atoms with Crippen molar-refractivity contribution in [2.75, 3.05) is 13.2 Å². The fourth-order valence-corrected chi connectivity index (χ4v) is 6.97. The van der Waals surface area contributed by atoms with Gasteiger partial charge in [-0.15, -0.1) is 0 Å². The molecule has 50 heavy (non-hydrogen) atoms. The number of hydrogen-bond acceptors (Lipinski definition) is 21. The minimum Gasteiger partial charge on any atom is -0.394 e. The molecule has 0 saturated carbocycles. The lowest BCUT2D eigenvalue weighted by Crippen LogP contribution is -2.68. The molecule has 0 spiro atoms. The summed E-state index contributed by atoms with van der Waals surface area (Å²) in [4.78, 5) is 22.1. The molecule has 4 fully saturated rings. The molecule has 292 valence electrons. The summed E-state index contributed by atoms with van der Waals surface area (Å²) in [7, 11) is -5.38. The Morgan fingerprint density at radius 1 is 0.620 bits per heavy atom. The molecular weight excluding hydrogens is 709 g/mol. The molecule has 23 nitrogen and oxygen atoms in total. The first-order valence-electron chi connectivity index (χ1n) is 15.6. The lowest BCUT2D eigenvalue weighted by molar-refractivity contribution is -0.369. The smallest absolute Gasteiger partial charge is 0.394 e. The second-order valence-corrected chi connectivity index (χ2v) is 13.7. The Hall–Kier alpha value is -1.10. The highest BCUT2D eigenvalue weighted by Gasteiger charge is 2.55. The maximum atomic E-state index is 12.8. The number of phosphoric ester groups is 1. The lowest BCUT2D eigenvalue weighted by Gasteiger charge is -2.48. The van der Waals surface area contributed by atoms with Crippen LogP contribution in [0.15, 0.2) is 0 Å². The summed E-state index contributed by atoms with van der Waals surface area (Å²) in [6.45, 7) is 1.86. The second kappa shape index (κ2) is 16.9. The van der Waals surface area contributed by atoms with Crippen LogP contribution in [0.1, 0.15) is 20.8 Å². The standard InChI is InChI=1S/C26H46NO22P/c1-6-12(31)15(34)17(36)26(43-6)49-50(40,41)48-20-10(5-29)45-24(18(37)16(20)35)47-22-13(32)7(2)42-25(19(22)38)46-21-11(27-8(3)30)23(39)44-9(4-28)14(21)33/h6-7,9-26,28-29,31-39H,4-5H2,1-3H3,(H,27,30)(H,40,41)/t6-,7-,9+,10+,11+,12+,13+,14+,15+,16+,17-,18+,19-,20-,21+,22+,23+,24+,25-,26+/m0/s1. The molecule has 13 N–H and O–H groups in total. The van der Waals surface area contributed by atoms with E-state index in [1.807, 2.05) is 0 Å². The Bertz CT molecular complexity index is 1170. The molecule has 0 radical (unpaired) electrons. The number of rotatable bonds is 11. The van der Waals surface area contributed by atoms with Crippen LogP contribution in [-0.2, 0) is 46.8 Å². The third kappa shape index (κ3) is 8.98. The van der Waals surface area contributed by atoms with Crippen LogP contribution in [0.25, 0.3) is 0 Å². The minimum absolute atomic E-state index is 0.670. The van der Waals surface area contributed by atoms with Crippen LogP contribution in [0.2, 0.25) is 0 Å². The summed E-state index contributed by atoms with van der Waals surface area (Å²) in [6, 6.07) is -1.44. The van der Waals surface area contributed by atoms with Gasteiger partial charge in [0.2, 0.25) is 5.91 Å². The third-order valence-electron chi connectivity index (χ3n) is 8.73. The van der Waals surface area contributed by atoms with Crippen LogP contribution in [-0.4, -0.2) is 203 Å². The van der Waals surface area contributed by atoms with Crippen molar-refractivity contribution in [1.29, 1.82) is 0 Å². The van der Waals surface area contributed by atoms with Gasteiger partial charge in [-0.3, -0.25) is 13.8 Å². The number of hydrogen-bond donors (Lipinski definition) is 13. The van der Waals surface area contributed by atoms with Gasteiger partial charge in [0.1, 0.15) is 85.4 Å². The molecule has 4 saturated heterocycles. The summed E-state index contributed by atoms with van der Waals surface area (Å²) >= 11 is 0. The average molecular weight is 756 g/mol. The van der Waals surface area contributed by atoms with E-state index in [4.69, 9.17) is 37.5 Å². The van der Waals surface area contributed by atoms with E-state index in [0.717, 1.165) is 6.92 Å². The molecule has 0 bridgehead atoms. The number of nitrogens with one attached hydrogen (secondary N) is 1. The zero-order valence-corrected chi connectivity index (χ0v) is 27.8. The second-order valence-electron chi connectivity index (χ2n) is 12.4. The topological polar surface area (TPSA) is 363 Å². The van der Waals surface area contributed by atoms with Gasteiger partial charge in [-0.25, -0.2) is 4.57 Å². The van der Waals surface area contributed by atoms with Gasteiger partial charge in [0.05, 0.1) is 25.4 Å². The number of carbonyl (C=O) groups is 1. The molecule has 4 aliphatic rings. The third-order valence-corrected chi connectivity index (χ3v) is 9.71. The van der Waals surface area contributed by atoms with Gasteiger partial charge in [0.25, 0.3) is 0 Å². The largest absolute Gasteiger partial charge is 0.475 e. The van der Waals surface area contributed by atoms with Gasteiger partial charge in [0.15, 0.2) is 25.2 Å². The van der Waals surface area contributed by atoms with Gasteiger partial charge < -0.3 is 94.8 Å². The highest BCUT2D eigenvalue weighted by atomic mass is 31.2. The van der Waals surface area contributed by atoms with Crippen molar-refractivity contribution in [3.8, 4) is 0 Å². The first-order chi connectivity index (χ1) is 23.3. The monoisotopic (exact) mass is 755 g/mol. The predicted molar refractivity (Wildman–Crippen MR) is 154 cm³/mol. The van der Waals surface area contributed by atoms with E-state index in [-0.39, 0.29) is 0 Å². The van der Waals surface area contributed by atoms with Crippen LogP contribution >= 0.6 is 7.82 Å². The quantitative estimate of drug-likeness (QED) is 0.0871. The van der Waals surface area contributed by atoms with E-state index in [9.17, 15) is 70.4 Å². The highest BCUT2D eigenvalue weighted by molar-refractivity contribution is 7.47. The maximum absolute atomic E-state index is 12.8. The zero-order chi connectivity index (χ0) is 37.4. The fraction of sp³-hybridized carbons (Fsp3) is 0.962. The number of aliphatic hydroxyl groups is 11. The van der Waals surface area contributed by atoms with Crippen molar-refractivity contribution in [1.82, 2.24) is 5.32 Å². The fourth-order valence-electron chi connectivity index (χ4n) is 5.92. The summed E-state index contributed by atoms with van der Waals surface area (Å²) in [5.41, 5.74) is 0. The van der Waals surface area contributed by atoms with Gasteiger partial charge >= 0.3 is 7.82 Å². The zero-order valence-electron chi connectivity index (χ0n) is 26.9. The number of aliphatic hydroxyl groups excluding tert-OH is 11. The van der Waals surface area contributed by atoms with E-state index in [2.05, 4.69) is 5.32 Å². The average Bonchev–Trinajstić information content (AvgIpc) is 3.05. The van der Waals surface area contributed by atoms with Crippen LogP contribution in [0.5, 0.6) is 0 Å². The molecule has 0 aliphatic carbocycles. The first-order valence-corrected chi connectivity index (χ1v) is 17.0. The van der Waals surface area contributed by atoms with Crippen molar-refractivity contribution in [2.24, 2.45) is 0 Å². The Kier molecular flexibility index (Phi) is 14.1. The first kappa shape index (κ1) is 41.7. The number of amides is 1. The van der Waals surface area contributed by atoms with E-state index in [1.165, 1.54) is 13.8 Å². The van der Waals surface area contributed by atoms with Crippen molar-refractivity contribution < 1.29 is 108 Å². The van der Waals surface area contributed by atoms with Crippen molar-refractivity contribution >= 4 is 13.7 Å². The molecule has 0 aromatic carbocycles. The summed E-state index contributed by atoms with van der Waals surface area (Å²) in [6.07, 6.45) is -33.6. The molecule has 24 heteroatoms. The summed E-state index contributed by atoms with van der Waals surface area (Å²) < 4.78 is 55.1. The SMILES string of the molecule is CC(=O)N[C@@H]1[C@@H](O[C@@H]2O[C@@H](C)[C@@H](O)[C@@H](O[C@H]3O[C@H](CO)[C@H](OP(=O)(O)O[C@H]4O[C@@H](C)[C@@H](O)[C@@H](O)[C@@H]4O)[C@H](O)[C@H]3O)[C@@H]2O)[C@H](O)[C@@H](CO)O[C@H]1O.